The Balaban J connectivity index is 1.86. The van der Waals surface area contributed by atoms with Gasteiger partial charge in [0.25, 0.3) is 0 Å². The summed E-state index contributed by atoms with van der Waals surface area (Å²) in [6, 6.07) is 14.6. The van der Waals surface area contributed by atoms with Crippen molar-refractivity contribution < 1.29 is 23.5 Å². The lowest BCUT2D eigenvalue weighted by Gasteiger charge is -2.12. The first-order valence-electron chi connectivity index (χ1n) is 8.77. The molecule has 0 aliphatic heterocycles. The third-order valence-electron chi connectivity index (χ3n) is 3.48. The standard InChI is InChI=1S/C20H26O5S/c1-3-22-13-15-24-17-5-9-19(10-6-17)26(21)20-11-7-18(8-12-20)25-16-14-23-4-2/h5-12H,3-4,13-16H2,1-2H3. The lowest BCUT2D eigenvalue weighted by molar-refractivity contribution is 0.110. The van der Waals surface area contributed by atoms with Crippen molar-refractivity contribution in [1.82, 2.24) is 0 Å². The summed E-state index contributed by atoms with van der Waals surface area (Å²) >= 11 is -1.24. The Bertz CT molecular complexity index is 560. The van der Waals surface area contributed by atoms with Crippen LogP contribution in [0, 0.1) is 0 Å². The molecule has 0 saturated heterocycles. The molecule has 0 amide bonds. The summed E-state index contributed by atoms with van der Waals surface area (Å²) in [5, 5.41) is 0. The SMILES string of the molecule is CCOCCOc1ccc([S+]([O-])c2ccc(OCCOCC)cc2)cc1. The van der Waals surface area contributed by atoms with Crippen LogP contribution in [-0.4, -0.2) is 44.2 Å². The average molecular weight is 378 g/mol. The van der Waals surface area contributed by atoms with E-state index in [4.69, 9.17) is 18.9 Å². The highest BCUT2D eigenvalue weighted by Gasteiger charge is 2.15. The fourth-order valence-electron chi connectivity index (χ4n) is 2.18. The maximum absolute atomic E-state index is 12.7. The van der Waals surface area contributed by atoms with Crippen LogP contribution in [0.1, 0.15) is 13.8 Å². The van der Waals surface area contributed by atoms with E-state index in [2.05, 4.69) is 0 Å². The predicted octanol–water partition coefficient (Wildman–Crippen LogP) is 3.68. The summed E-state index contributed by atoms with van der Waals surface area (Å²) in [5.41, 5.74) is 0. The van der Waals surface area contributed by atoms with Crippen LogP contribution in [0.2, 0.25) is 0 Å². The minimum absolute atomic E-state index is 0.501. The second-order valence-corrected chi connectivity index (χ2v) is 6.78. The van der Waals surface area contributed by atoms with Crippen molar-refractivity contribution in [3.8, 4) is 11.5 Å². The molecule has 0 aromatic heterocycles. The van der Waals surface area contributed by atoms with E-state index >= 15 is 0 Å². The Labute approximate surface area is 158 Å². The van der Waals surface area contributed by atoms with Crippen LogP contribution in [0.4, 0.5) is 0 Å². The molecule has 142 valence electrons. The van der Waals surface area contributed by atoms with E-state index < -0.39 is 11.2 Å². The van der Waals surface area contributed by atoms with Crippen molar-refractivity contribution in [3.05, 3.63) is 48.5 Å². The molecule has 0 radical (unpaired) electrons. The lowest BCUT2D eigenvalue weighted by Crippen LogP contribution is -2.07. The smallest absolute Gasteiger partial charge is 0.158 e. The van der Waals surface area contributed by atoms with Crippen molar-refractivity contribution in [1.29, 1.82) is 0 Å². The maximum Gasteiger partial charge on any atom is 0.158 e. The molecule has 0 heterocycles. The maximum atomic E-state index is 12.7. The Hall–Kier alpha value is -1.73. The number of benzene rings is 2. The van der Waals surface area contributed by atoms with Gasteiger partial charge in [0.1, 0.15) is 24.7 Å². The van der Waals surface area contributed by atoms with Gasteiger partial charge < -0.3 is 23.5 Å². The number of rotatable bonds is 12. The molecule has 0 atom stereocenters. The summed E-state index contributed by atoms with van der Waals surface area (Å²) in [6.45, 7) is 7.37. The molecule has 0 aliphatic rings. The van der Waals surface area contributed by atoms with E-state index in [1.807, 2.05) is 62.4 Å². The molecule has 0 spiro atoms. The summed E-state index contributed by atoms with van der Waals surface area (Å²) < 4.78 is 34.3. The highest BCUT2D eigenvalue weighted by atomic mass is 32.2. The van der Waals surface area contributed by atoms with Gasteiger partial charge >= 0.3 is 0 Å². The van der Waals surface area contributed by atoms with Gasteiger partial charge in [0.05, 0.1) is 13.2 Å². The zero-order valence-electron chi connectivity index (χ0n) is 15.3. The quantitative estimate of drug-likeness (QED) is 0.416. The largest absolute Gasteiger partial charge is 0.606 e. The van der Waals surface area contributed by atoms with E-state index in [0.717, 1.165) is 21.3 Å². The van der Waals surface area contributed by atoms with Crippen molar-refractivity contribution in [2.75, 3.05) is 39.6 Å². The van der Waals surface area contributed by atoms with Crippen LogP contribution in [-0.2, 0) is 20.6 Å². The normalized spacial score (nSPS) is 10.9. The molecule has 0 saturated carbocycles. The molecule has 26 heavy (non-hydrogen) atoms. The van der Waals surface area contributed by atoms with Gasteiger partial charge in [-0.25, -0.2) is 0 Å². The van der Waals surface area contributed by atoms with E-state index in [0.29, 0.717) is 39.6 Å². The number of hydrogen-bond donors (Lipinski definition) is 0. The van der Waals surface area contributed by atoms with Gasteiger partial charge in [-0.05, 0) is 62.4 Å². The van der Waals surface area contributed by atoms with Crippen LogP contribution in [0.5, 0.6) is 11.5 Å². The monoisotopic (exact) mass is 378 g/mol. The van der Waals surface area contributed by atoms with E-state index in [1.165, 1.54) is 0 Å². The third kappa shape index (κ3) is 6.88. The molecule has 0 unspecified atom stereocenters. The molecule has 2 aromatic carbocycles. The van der Waals surface area contributed by atoms with Crippen molar-refractivity contribution in [3.63, 3.8) is 0 Å². The van der Waals surface area contributed by atoms with E-state index in [-0.39, 0.29) is 0 Å². The van der Waals surface area contributed by atoms with Gasteiger partial charge in [0, 0.05) is 24.4 Å². The van der Waals surface area contributed by atoms with Crippen molar-refractivity contribution in [2.45, 2.75) is 23.6 Å². The minimum Gasteiger partial charge on any atom is -0.606 e. The Kier molecular flexibility index (Phi) is 9.34. The van der Waals surface area contributed by atoms with Gasteiger partial charge in [0.15, 0.2) is 9.79 Å². The first-order chi connectivity index (χ1) is 12.7. The second-order valence-electron chi connectivity index (χ2n) is 5.30. The van der Waals surface area contributed by atoms with Crippen molar-refractivity contribution in [2.24, 2.45) is 0 Å². The van der Waals surface area contributed by atoms with Gasteiger partial charge in [-0.2, -0.15) is 0 Å². The third-order valence-corrected chi connectivity index (χ3v) is 4.88. The first-order valence-corrected chi connectivity index (χ1v) is 9.92. The van der Waals surface area contributed by atoms with Crippen LogP contribution < -0.4 is 9.47 Å². The molecule has 2 rings (SSSR count). The number of hydrogen-bond acceptors (Lipinski definition) is 5. The lowest BCUT2D eigenvalue weighted by atomic mass is 10.3. The van der Waals surface area contributed by atoms with Gasteiger partial charge in [-0.3, -0.25) is 0 Å². The molecule has 2 aromatic rings. The van der Waals surface area contributed by atoms with E-state index in [1.54, 1.807) is 0 Å². The zero-order chi connectivity index (χ0) is 18.6. The molecule has 0 aliphatic carbocycles. The zero-order valence-corrected chi connectivity index (χ0v) is 16.1. The Morgan fingerprint density at radius 3 is 1.38 bits per heavy atom. The highest BCUT2D eigenvalue weighted by Crippen LogP contribution is 2.24. The molecule has 0 N–H and O–H groups in total. The summed E-state index contributed by atoms with van der Waals surface area (Å²) in [6.07, 6.45) is 0. The Morgan fingerprint density at radius 2 is 1.04 bits per heavy atom. The molecular formula is C20H26O5S. The molecule has 6 heteroatoms. The molecule has 0 fully saturated rings. The average Bonchev–Trinajstić information content (AvgIpc) is 2.69. The van der Waals surface area contributed by atoms with Gasteiger partial charge in [-0.1, -0.05) is 0 Å². The fraction of sp³-hybridized carbons (Fsp3) is 0.400. The summed E-state index contributed by atoms with van der Waals surface area (Å²) in [7, 11) is 0. The minimum atomic E-state index is -1.24. The topological polar surface area (TPSA) is 60.0 Å². The predicted molar refractivity (Wildman–Crippen MR) is 102 cm³/mol. The van der Waals surface area contributed by atoms with Crippen LogP contribution in [0.25, 0.3) is 0 Å². The van der Waals surface area contributed by atoms with Crippen LogP contribution in [0.3, 0.4) is 0 Å². The summed E-state index contributed by atoms with van der Waals surface area (Å²) in [5.74, 6) is 1.48. The van der Waals surface area contributed by atoms with Crippen LogP contribution >= 0.6 is 0 Å². The molecule has 0 bridgehead atoms. The first kappa shape index (κ1) is 20.6. The van der Waals surface area contributed by atoms with Gasteiger partial charge in [-0.15, -0.1) is 0 Å². The van der Waals surface area contributed by atoms with Crippen molar-refractivity contribution >= 4 is 11.2 Å². The van der Waals surface area contributed by atoms with Gasteiger partial charge in [0.2, 0.25) is 0 Å². The molecular weight excluding hydrogens is 352 g/mol. The van der Waals surface area contributed by atoms with E-state index in [9.17, 15) is 4.55 Å². The number of ether oxygens (including phenoxy) is 4. The Morgan fingerprint density at radius 1 is 0.654 bits per heavy atom. The highest BCUT2D eigenvalue weighted by molar-refractivity contribution is 7.91. The van der Waals surface area contributed by atoms with Crippen LogP contribution in [0.15, 0.2) is 58.3 Å². The summed E-state index contributed by atoms with van der Waals surface area (Å²) in [4.78, 5) is 1.46. The second kappa shape index (κ2) is 11.8. The molecule has 5 nitrogen and oxygen atoms in total. The fourth-order valence-corrected chi connectivity index (χ4v) is 3.22.